The zero-order valence-electron chi connectivity index (χ0n) is 19.0. The van der Waals surface area contributed by atoms with Gasteiger partial charge in [-0.2, -0.15) is 0 Å². The molecule has 1 heterocycles. The predicted octanol–water partition coefficient (Wildman–Crippen LogP) is 4.91. The molecule has 0 saturated carbocycles. The number of amides is 2. The summed E-state index contributed by atoms with van der Waals surface area (Å²) in [5.74, 6) is -1.95. The van der Waals surface area contributed by atoms with Crippen molar-refractivity contribution < 1.29 is 28.7 Å². The van der Waals surface area contributed by atoms with E-state index in [2.05, 4.69) is 10.6 Å². The highest BCUT2D eigenvalue weighted by Crippen LogP contribution is 2.34. The molecule has 0 atom stereocenters. The second kappa shape index (κ2) is 11.2. The number of anilines is 2. The molecule has 3 aromatic rings. The van der Waals surface area contributed by atoms with Crippen molar-refractivity contribution in [1.29, 1.82) is 0 Å². The molecule has 0 spiro atoms. The fraction of sp³-hybridized carbons (Fsp3) is 0.200. The second-order valence-corrected chi connectivity index (χ2v) is 8.07. The fourth-order valence-corrected chi connectivity index (χ4v) is 4.21. The third-order valence-corrected chi connectivity index (χ3v) is 5.96. The third kappa shape index (κ3) is 5.68. The van der Waals surface area contributed by atoms with Gasteiger partial charge in [0.15, 0.2) is 0 Å². The van der Waals surface area contributed by atoms with E-state index in [0.717, 1.165) is 11.3 Å². The van der Waals surface area contributed by atoms with Crippen LogP contribution in [0.4, 0.5) is 10.7 Å². The van der Waals surface area contributed by atoms with E-state index in [9.17, 15) is 19.2 Å². The van der Waals surface area contributed by atoms with Gasteiger partial charge in [0.05, 0.1) is 29.2 Å². The standard InChI is InChI=1S/C25H24N2O6S/c1-4-32-24(30)17-11-13-18(14-12-17)26-22(29)20-15(3)19(25(31)33-5-2)23(34-20)27-21(28)16-9-7-6-8-10-16/h6-14H,4-5H2,1-3H3,(H,26,29)(H,27,28). The molecule has 0 fully saturated rings. The topological polar surface area (TPSA) is 111 Å². The van der Waals surface area contributed by atoms with Crippen molar-refractivity contribution in [2.45, 2.75) is 20.8 Å². The number of thiophene rings is 1. The number of ether oxygens (including phenoxy) is 2. The summed E-state index contributed by atoms with van der Waals surface area (Å²) in [5.41, 5.74) is 1.77. The van der Waals surface area contributed by atoms with Crippen molar-refractivity contribution in [1.82, 2.24) is 0 Å². The molecule has 9 heteroatoms. The molecule has 1 aromatic heterocycles. The predicted molar refractivity (Wildman–Crippen MR) is 130 cm³/mol. The maximum absolute atomic E-state index is 13.0. The van der Waals surface area contributed by atoms with E-state index < -0.39 is 23.8 Å². The van der Waals surface area contributed by atoms with E-state index in [1.165, 1.54) is 0 Å². The number of rotatable bonds is 8. The van der Waals surface area contributed by atoms with Gasteiger partial charge in [0, 0.05) is 11.3 Å². The normalized spacial score (nSPS) is 10.3. The highest BCUT2D eigenvalue weighted by molar-refractivity contribution is 7.19. The van der Waals surface area contributed by atoms with Gasteiger partial charge in [0.2, 0.25) is 0 Å². The highest BCUT2D eigenvalue weighted by Gasteiger charge is 2.27. The molecule has 0 aliphatic carbocycles. The number of nitrogens with one attached hydrogen (secondary N) is 2. The molecule has 0 unspecified atom stereocenters. The lowest BCUT2D eigenvalue weighted by molar-refractivity contribution is 0.0517. The summed E-state index contributed by atoms with van der Waals surface area (Å²) in [4.78, 5) is 50.3. The monoisotopic (exact) mass is 480 g/mol. The average molecular weight is 481 g/mol. The van der Waals surface area contributed by atoms with Crippen LogP contribution in [0.3, 0.4) is 0 Å². The molecule has 3 rings (SSSR count). The van der Waals surface area contributed by atoms with E-state index in [4.69, 9.17) is 9.47 Å². The molecule has 2 N–H and O–H groups in total. The Balaban J connectivity index is 1.86. The first kappa shape index (κ1) is 24.7. The first-order chi connectivity index (χ1) is 16.3. The van der Waals surface area contributed by atoms with Crippen LogP contribution in [0.1, 0.15) is 60.2 Å². The summed E-state index contributed by atoms with van der Waals surface area (Å²) in [6.07, 6.45) is 0. The summed E-state index contributed by atoms with van der Waals surface area (Å²) in [5, 5.41) is 5.70. The van der Waals surface area contributed by atoms with Gasteiger partial charge in [-0.05, 0) is 62.7 Å². The van der Waals surface area contributed by atoms with Crippen LogP contribution in [0.5, 0.6) is 0 Å². The lowest BCUT2D eigenvalue weighted by atomic mass is 10.1. The Morgan fingerprint density at radius 2 is 1.38 bits per heavy atom. The van der Waals surface area contributed by atoms with Gasteiger partial charge in [0.1, 0.15) is 5.00 Å². The Hall–Kier alpha value is -3.98. The minimum absolute atomic E-state index is 0.138. The molecule has 2 amide bonds. The molecule has 8 nitrogen and oxygen atoms in total. The molecular formula is C25H24N2O6S. The molecule has 34 heavy (non-hydrogen) atoms. The van der Waals surface area contributed by atoms with Crippen LogP contribution < -0.4 is 10.6 Å². The van der Waals surface area contributed by atoms with E-state index in [-0.39, 0.29) is 28.7 Å². The average Bonchev–Trinajstić information content (AvgIpc) is 3.16. The summed E-state index contributed by atoms with van der Waals surface area (Å²) < 4.78 is 10.1. The summed E-state index contributed by atoms with van der Waals surface area (Å²) in [6.45, 7) is 5.43. The summed E-state index contributed by atoms with van der Waals surface area (Å²) in [6, 6.07) is 14.8. The van der Waals surface area contributed by atoms with Crippen molar-refractivity contribution in [3.8, 4) is 0 Å². The summed E-state index contributed by atoms with van der Waals surface area (Å²) in [7, 11) is 0. The van der Waals surface area contributed by atoms with Crippen LogP contribution in [0, 0.1) is 6.92 Å². The Morgan fingerprint density at radius 1 is 0.765 bits per heavy atom. The van der Waals surface area contributed by atoms with Crippen LogP contribution in [0.25, 0.3) is 0 Å². The lowest BCUT2D eigenvalue weighted by Gasteiger charge is -2.07. The van der Waals surface area contributed by atoms with E-state index in [1.54, 1.807) is 75.4 Å². The molecule has 2 aromatic carbocycles. The minimum atomic E-state index is -0.627. The fourth-order valence-electron chi connectivity index (χ4n) is 3.12. The van der Waals surface area contributed by atoms with Gasteiger partial charge in [-0.15, -0.1) is 11.3 Å². The molecule has 0 radical (unpaired) electrons. The number of benzene rings is 2. The van der Waals surface area contributed by atoms with Crippen molar-refractivity contribution in [2.75, 3.05) is 23.8 Å². The Morgan fingerprint density at radius 3 is 2.00 bits per heavy atom. The number of hydrogen-bond donors (Lipinski definition) is 2. The van der Waals surface area contributed by atoms with Crippen LogP contribution in [-0.4, -0.2) is 37.0 Å². The van der Waals surface area contributed by atoms with Gasteiger partial charge in [-0.3, -0.25) is 9.59 Å². The van der Waals surface area contributed by atoms with Gasteiger partial charge < -0.3 is 20.1 Å². The molecule has 0 saturated heterocycles. The highest BCUT2D eigenvalue weighted by atomic mass is 32.1. The third-order valence-electron chi connectivity index (χ3n) is 4.75. The molecule has 0 bridgehead atoms. The van der Waals surface area contributed by atoms with Crippen LogP contribution in [0.15, 0.2) is 54.6 Å². The van der Waals surface area contributed by atoms with Crippen molar-refractivity contribution in [2.24, 2.45) is 0 Å². The quantitative estimate of drug-likeness (QED) is 0.443. The smallest absolute Gasteiger partial charge is 0.341 e. The first-order valence-corrected chi connectivity index (χ1v) is 11.4. The number of esters is 2. The number of hydrogen-bond acceptors (Lipinski definition) is 7. The van der Waals surface area contributed by atoms with Crippen LogP contribution in [0.2, 0.25) is 0 Å². The molecule has 176 valence electrons. The molecule has 0 aliphatic heterocycles. The largest absolute Gasteiger partial charge is 0.462 e. The Kier molecular flexibility index (Phi) is 8.15. The zero-order valence-corrected chi connectivity index (χ0v) is 19.8. The Bertz CT molecular complexity index is 1200. The van der Waals surface area contributed by atoms with Crippen LogP contribution >= 0.6 is 11.3 Å². The zero-order chi connectivity index (χ0) is 24.7. The van der Waals surface area contributed by atoms with Crippen molar-refractivity contribution in [3.05, 3.63) is 81.7 Å². The second-order valence-electron chi connectivity index (χ2n) is 7.05. The number of carbonyl (C=O) groups excluding carboxylic acids is 4. The molecular weight excluding hydrogens is 456 g/mol. The molecule has 0 aliphatic rings. The number of carbonyl (C=O) groups is 4. The van der Waals surface area contributed by atoms with E-state index in [0.29, 0.717) is 22.4 Å². The lowest BCUT2D eigenvalue weighted by Crippen LogP contribution is -2.15. The summed E-state index contributed by atoms with van der Waals surface area (Å²) >= 11 is 0.986. The van der Waals surface area contributed by atoms with Gasteiger partial charge in [-0.1, -0.05) is 18.2 Å². The first-order valence-electron chi connectivity index (χ1n) is 10.6. The van der Waals surface area contributed by atoms with E-state index in [1.807, 2.05) is 0 Å². The van der Waals surface area contributed by atoms with Crippen LogP contribution in [-0.2, 0) is 9.47 Å². The maximum Gasteiger partial charge on any atom is 0.341 e. The van der Waals surface area contributed by atoms with Crippen molar-refractivity contribution >= 4 is 45.8 Å². The van der Waals surface area contributed by atoms with E-state index >= 15 is 0 Å². The maximum atomic E-state index is 13.0. The SMILES string of the molecule is CCOC(=O)c1ccc(NC(=O)c2sc(NC(=O)c3ccccc3)c(C(=O)OCC)c2C)cc1. The van der Waals surface area contributed by atoms with Gasteiger partial charge >= 0.3 is 11.9 Å². The van der Waals surface area contributed by atoms with Gasteiger partial charge in [0.25, 0.3) is 11.8 Å². The Labute approximate surface area is 200 Å². The van der Waals surface area contributed by atoms with Gasteiger partial charge in [-0.25, -0.2) is 9.59 Å². The van der Waals surface area contributed by atoms with Crippen molar-refractivity contribution in [3.63, 3.8) is 0 Å². The minimum Gasteiger partial charge on any atom is -0.462 e.